The summed E-state index contributed by atoms with van der Waals surface area (Å²) >= 11 is 3.43. The third-order valence-corrected chi connectivity index (χ3v) is 4.49. The molecular weight excluding hydrogens is 314 g/mol. The Bertz CT molecular complexity index is 609. The summed E-state index contributed by atoms with van der Waals surface area (Å²) in [4.78, 5) is 2.26. The standard InChI is InChI=1S/C17H18BrNO/c1-19-9-8-13-11-14(4-7-16(13)19)17(20)10-12-2-5-15(18)6-3-12/h2-7,11,17,20H,8-10H2,1H3. The molecule has 0 bridgehead atoms. The molecule has 0 aromatic heterocycles. The van der Waals surface area contributed by atoms with Gasteiger partial charge in [-0.1, -0.05) is 40.2 Å². The van der Waals surface area contributed by atoms with E-state index >= 15 is 0 Å². The Morgan fingerprint density at radius 1 is 1.20 bits per heavy atom. The quantitative estimate of drug-likeness (QED) is 0.926. The van der Waals surface area contributed by atoms with Gasteiger partial charge in [-0.2, -0.15) is 0 Å². The van der Waals surface area contributed by atoms with Crippen molar-refractivity contribution in [3.8, 4) is 0 Å². The number of hydrogen-bond acceptors (Lipinski definition) is 2. The van der Waals surface area contributed by atoms with Crippen molar-refractivity contribution in [2.24, 2.45) is 0 Å². The van der Waals surface area contributed by atoms with Crippen molar-refractivity contribution in [2.45, 2.75) is 18.9 Å². The van der Waals surface area contributed by atoms with E-state index in [1.807, 2.05) is 18.2 Å². The van der Waals surface area contributed by atoms with Crippen LogP contribution in [0, 0.1) is 0 Å². The molecule has 20 heavy (non-hydrogen) atoms. The molecule has 0 aliphatic carbocycles. The van der Waals surface area contributed by atoms with Crippen LogP contribution in [0.3, 0.4) is 0 Å². The highest BCUT2D eigenvalue weighted by Gasteiger charge is 2.17. The van der Waals surface area contributed by atoms with Crippen LogP contribution in [0.15, 0.2) is 46.9 Å². The number of nitrogens with zero attached hydrogens (tertiary/aromatic N) is 1. The molecule has 0 saturated heterocycles. The molecule has 0 radical (unpaired) electrons. The molecule has 0 spiro atoms. The van der Waals surface area contributed by atoms with E-state index in [0.29, 0.717) is 6.42 Å². The Labute approximate surface area is 128 Å². The van der Waals surface area contributed by atoms with E-state index < -0.39 is 6.10 Å². The van der Waals surface area contributed by atoms with Crippen LogP contribution >= 0.6 is 15.9 Å². The maximum Gasteiger partial charge on any atom is 0.0830 e. The Morgan fingerprint density at radius 2 is 1.95 bits per heavy atom. The van der Waals surface area contributed by atoms with Crippen LogP contribution < -0.4 is 4.90 Å². The first kappa shape index (κ1) is 13.7. The van der Waals surface area contributed by atoms with Crippen LogP contribution in [-0.4, -0.2) is 18.7 Å². The number of fused-ring (bicyclic) bond motifs is 1. The summed E-state index contributed by atoms with van der Waals surface area (Å²) in [6.45, 7) is 1.07. The van der Waals surface area contributed by atoms with Crippen molar-refractivity contribution < 1.29 is 5.11 Å². The van der Waals surface area contributed by atoms with Crippen LogP contribution in [0.5, 0.6) is 0 Å². The Hall–Kier alpha value is -1.32. The molecule has 2 aromatic rings. The Balaban J connectivity index is 1.77. The lowest BCUT2D eigenvalue weighted by Crippen LogP contribution is -2.12. The van der Waals surface area contributed by atoms with Gasteiger partial charge in [0.05, 0.1) is 6.10 Å². The predicted molar refractivity (Wildman–Crippen MR) is 86.2 cm³/mol. The van der Waals surface area contributed by atoms with Crippen molar-refractivity contribution in [1.29, 1.82) is 0 Å². The molecule has 1 atom stereocenters. The lowest BCUT2D eigenvalue weighted by atomic mass is 9.99. The minimum absolute atomic E-state index is 0.438. The summed E-state index contributed by atoms with van der Waals surface area (Å²) in [5.74, 6) is 0. The number of anilines is 1. The van der Waals surface area contributed by atoms with Gasteiger partial charge in [0.25, 0.3) is 0 Å². The molecule has 1 aliphatic heterocycles. The van der Waals surface area contributed by atoms with E-state index in [2.05, 4.69) is 52.1 Å². The molecule has 0 fully saturated rings. The molecule has 1 aliphatic rings. The predicted octanol–water partition coefficient (Wildman–Crippen LogP) is 3.72. The number of likely N-dealkylation sites (N-methyl/N-ethyl adjacent to an activating group) is 1. The molecule has 1 N–H and O–H groups in total. The van der Waals surface area contributed by atoms with E-state index in [4.69, 9.17) is 0 Å². The molecule has 1 heterocycles. The maximum absolute atomic E-state index is 10.4. The van der Waals surface area contributed by atoms with E-state index in [9.17, 15) is 5.11 Å². The fourth-order valence-electron chi connectivity index (χ4n) is 2.76. The summed E-state index contributed by atoms with van der Waals surface area (Å²) in [5, 5.41) is 10.4. The van der Waals surface area contributed by atoms with Crippen molar-refractivity contribution in [1.82, 2.24) is 0 Å². The minimum atomic E-state index is -0.438. The normalized spacial score (nSPS) is 15.2. The minimum Gasteiger partial charge on any atom is -0.388 e. The first-order valence-electron chi connectivity index (χ1n) is 6.90. The Kier molecular flexibility index (Phi) is 3.81. The van der Waals surface area contributed by atoms with Crippen LogP contribution in [0.2, 0.25) is 0 Å². The summed E-state index contributed by atoms with van der Waals surface area (Å²) in [6, 6.07) is 14.5. The highest BCUT2D eigenvalue weighted by Crippen LogP contribution is 2.30. The number of halogens is 1. The van der Waals surface area contributed by atoms with Gasteiger partial charge in [-0.3, -0.25) is 0 Å². The van der Waals surface area contributed by atoms with Crippen molar-refractivity contribution >= 4 is 21.6 Å². The summed E-state index contributed by atoms with van der Waals surface area (Å²) in [7, 11) is 2.11. The maximum atomic E-state index is 10.4. The number of aliphatic hydroxyl groups is 1. The molecule has 3 rings (SSSR count). The third kappa shape index (κ3) is 2.74. The van der Waals surface area contributed by atoms with Crippen LogP contribution in [0.4, 0.5) is 5.69 Å². The monoisotopic (exact) mass is 331 g/mol. The number of rotatable bonds is 3. The van der Waals surface area contributed by atoms with E-state index in [1.165, 1.54) is 11.3 Å². The lowest BCUT2D eigenvalue weighted by molar-refractivity contribution is 0.178. The van der Waals surface area contributed by atoms with Gasteiger partial charge in [0.1, 0.15) is 0 Å². The molecule has 2 nitrogen and oxygen atoms in total. The summed E-state index contributed by atoms with van der Waals surface area (Å²) in [6.07, 6.45) is 1.29. The lowest BCUT2D eigenvalue weighted by Gasteiger charge is -2.15. The second kappa shape index (κ2) is 5.58. The van der Waals surface area contributed by atoms with Gasteiger partial charge in [0, 0.05) is 30.2 Å². The number of aliphatic hydroxyl groups excluding tert-OH is 1. The molecule has 3 heteroatoms. The van der Waals surface area contributed by atoms with Gasteiger partial charge in [-0.15, -0.1) is 0 Å². The zero-order valence-electron chi connectivity index (χ0n) is 11.5. The average Bonchev–Trinajstić information content (AvgIpc) is 2.82. The summed E-state index contributed by atoms with van der Waals surface area (Å²) in [5.41, 5.74) is 4.81. The topological polar surface area (TPSA) is 23.5 Å². The van der Waals surface area contributed by atoms with E-state index in [1.54, 1.807) is 0 Å². The first-order chi connectivity index (χ1) is 9.63. The molecule has 0 saturated carbocycles. The zero-order valence-corrected chi connectivity index (χ0v) is 13.1. The van der Waals surface area contributed by atoms with Crippen LogP contribution in [-0.2, 0) is 12.8 Å². The first-order valence-corrected chi connectivity index (χ1v) is 7.69. The van der Waals surface area contributed by atoms with Gasteiger partial charge in [-0.25, -0.2) is 0 Å². The smallest absolute Gasteiger partial charge is 0.0830 e. The van der Waals surface area contributed by atoms with Crippen LogP contribution in [0.25, 0.3) is 0 Å². The zero-order chi connectivity index (χ0) is 14.1. The highest BCUT2D eigenvalue weighted by atomic mass is 79.9. The van der Waals surface area contributed by atoms with Gasteiger partial charge in [0.15, 0.2) is 0 Å². The second-order valence-electron chi connectivity index (χ2n) is 5.41. The fourth-order valence-corrected chi connectivity index (χ4v) is 3.02. The van der Waals surface area contributed by atoms with Gasteiger partial charge < -0.3 is 10.0 Å². The fraction of sp³-hybridized carbons (Fsp3) is 0.294. The Morgan fingerprint density at radius 3 is 2.70 bits per heavy atom. The molecule has 104 valence electrons. The molecule has 1 unspecified atom stereocenters. The van der Waals surface area contributed by atoms with Gasteiger partial charge in [0.2, 0.25) is 0 Å². The van der Waals surface area contributed by atoms with E-state index in [0.717, 1.165) is 28.6 Å². The van der Waals surface area contributed by atoms with Crippen molar-refractivity contribution in [2.75, 3.05) is 18.5 Å². The SMILES string of the molecule is CN1CCc2cc(C(O)Cc3ccc(Br)cc3)ccc21. The number of benzene rings is 2. The average molecular weight is 332 g/mol. The van der Waals surface area contributed by atoms with Gasteiger partial charge in [-0.05, 0) is 41.3 Å². The molecule has 0 amide bonds. The molecule has 2 aromatic carbocycles. The van der Waals surface area contributed by atoms with Crippen LogP contribution in [0.1, 0.15) is 22.8 Å². The largest absolute Gasteiger partial charge is 0.388 e. The van der Waals surface area contributed by atoms with Crippen molar-refractivity contribution in [3.63, 3.8) is 0 Å². The third-order valence-electron chi connectivity index (χ3n) is 3.96. The van der Waals surface area contributed by atoms with Gasteiger partial charge >= 0.3 is 0 Å². The van der Waals surface area contributed by atoms with Crippen molar-refractivity contribution in [3.05, 3.63) is 63.6 Å². The summed E-state index contributed by atoms with van der Waals surface area (Å²) < 4.78 is 1.07. The second-order valence-corrected chi connectivity index (χ2v) is 6.32. The molecular formula is C17H18BrNO. The highest BCUT2D eigenvalue weighted by molar-refractivity contribution is 9.10. The number of hydrogen-bond donors (Lipinski definition) is 1. The van der Waals surface area contributed by atoms with E-state index in [-0.39, 0.29) is 0 Å².